The van der Waals surface area contributed by atoms with E-state index in [0.717, 1.165) is 32.4 Å². The third-order valence-electron chi connectivity index (χ3n) is 5.61. The van der Waals surface area contributed by atoms with Gasteiger partial charge in [-0.05, 0) is 25.7 Å². The van der Waals surface area contributed by atoms with Crippen molar-refractivity contribution in [3.63, 3.8) is 0 Å². The number of carbonyl (C=O) groups excluding carboxylic acids is 2. The summed E-state index contributed by atoms with van der Waals surface area (Å²) < 4.78 is 4.82. The summed E-state index contributed by atoms with van der Waals surface area (Å²) in [4.78, 5) is 25.4. The van der Waals surface area contributed by atoms with E-state index in [1.807, 2.05) is 6.92 Å². The molecule has 126 valence electrons. The van der Waals surface area contributed by atoms with Crippen molar-refractivity contribution in [2.24, 2.45) is 11.8 Å². The standard InChI is InChI=1S/C17H30N2O3/c1-12-6-4-5-7-15(12)18-16(20)13(2)19-10-8-14(9-11-19)17(21)22-3/h12-15H,4-11H2,1-3H3,(H,18,20)/p+1/t12-,13+,15-/m0/s1. The lowest BCUT2D eigenvalue weighted by Crippen LogP contribution is -3.17. The summed E-state index contributed by atoms with van der Waals surface area (Å²) in [5, 5.41) is 3.26. The Morgan fingerprint density at radius 1 is 1.14 bits per heavy atom. The van der Waals surface area contributed by atoms with Gasteiger partial charge in [-0.1, -0.05) is 19.8 Å². The van der Waals surface area contributed by atoms with Gasteiger partial charge in [-0.25, -0.2) is 0 Å². The summed E-state index contributed by atoms with van der Waals surface area (Å²) >= 11 is 0. The molecule has 0 aromatic rings. The molecule has 1 saturated carbocycles. The molecule has 1 aliphatic carbocycles. The highest BCUT2D eigenvalue weighted by molar-refractivity contribution is 5.80. The third kappa shape index (κ3) is 4.22. The monoisotopic (exact) mass is 311 g/mol. The van der Waals surface area contributed by atoms with Gasteiger partial charge < -0.3 is 15.0 Å². The number of methoxy groups -OCH3 is 1. The summed E-state index contributed by atoms with van der Waals surface area (Å²) in [6.07, 6.45) is 6.48. The van der Waals surface area contributed by atoms with Gasteiger partial charge in [0.25, 0.3) is 5.91 Å². The topological polar surface area (TPSA) is 59.8 Å². The number of hydrogen-bond donors (Lipinski definition) is 2. The molecule has 0 aromatic carbocycles. The molecule has 2 rings (SSSR count). The van der Waals surface area contributed by atoms with Gasteiger partial charge in [0.2, 0.25) is 0 Å². The first kappa shape index (κ1) is 17.3. The van der Waals surface area contributed by atoms with Gasteiger partial charge in [0.15, 0.2) is 6.04 Å². The molecular weight excluding hydrogens is 280 g/mol. The first-order valence-corrected chi connectivity index (χ1v) is 8.75. The fourth-order valence-electron chi connectivity index (χ4n) is 3.85. The Morgan fingerprint density at radius 3 is 2.36 bits per heavy atom. The van der Waals surface area contributed by atoms with Crippen LogP contribution < -0.4 is 10.2 Å². The van der Waals surface area contributed by atoms with Crippen molar-refractivity contribution in [3.05, 3.63) is 0 Å². The molecule has 5 heteroatoms. The maximum Gasteiger partial charge on any atom is 0.309 e. The Labute approximate surface area is 133 Å². The van der Waals surface area contributed by atoms with Crippen LogP contribution in [0.2, 0.25) is 0 Å². The molecule has 1 aliphatic heterocycles. The van der Waals surface area contributed by atoms with Gasteiger partial charge in [-0.3, -0.25) is 9.59 Å². The second kappa shape index (κ2) is 7.95. The lowest BCUT2D eigenvalue weighted by Gasteiger charge is -2.34. The molecule has 0 aromatic heterocycles. The fraction of sp³-hybridized carbons (Fsp3) is 0.882. The van der Waals surface area contributed by atoms with Crippen LogP contribution in [0.1, 0.15) is 52.4 Å². The Kier molecular flexibility index (Phi) is 6.24. The molecule has 2 aliphatic rings. The number of piperidine rings is 1. The van der Waals surface area contributed by atoms with Crippen molar-refractivity contribution in [2.75, 3.05) is 20.2 Å². The van der Waals surface area contributed by atoms with E-state index in [1.54, 1.807) is 0 Å². The number of amides is 1. The molecule has 2 fully saturated rings. The van der Waals surface area contributed by atoms with E-state index in [-0.39, 0.29) is 23.8 Å². The quantitative estimate of drug-likeness (QED) is 0.745. The molecule has 2 N–H and O–H groups in total. The number of ether oxygens (including phenoxy) is 1. The zero-order valence-electron chi connectivity index (χ0n) is 14.2. The highest BCUT2D eigenvalue weighted by atomic mass is 16.5. The SMILES string of the molecule is COC(=O)C1CC[NH+]([C@H](C)C(=O)N[C@H]2CCCC[C@@H]2C)CC1. The van der Waals surface area contributed by atoms with E-state index in [4.69, 9.17) is 4.74 Å². The molecule has 0 spiro atoms. The van der Waals surface area contributed by atoms with Crippen LogP contribution in [0.25, 0.3) is 0 Å². The average molecular weight is 311 g/mol. The van der Waals surface area contributed by atoms with Gasteiger partial charge in [0, 0.05) is 18.9 Å². The highest BCUT2D eigenvalue weighted by Gasteiger charge is 2.34. The van der Waals surface area contributed by atoms with Crippen LogP contribution in [-0.2, 0) is 14.3 Å². The van der Waals surface area contributed by atoms with Crippen LogP contribution >= 0.6 is 0 Å². The first-order chi connectivity index (χ1) is 10.5. The normalized spacial score (nSPS) is 33.8. The molecular formula is C17H31N2O3+. The van der Waals surface area contributed by atoms with Crippen LogP contribution in [0.5, 0.6) is 0 Å². The van der Waals surface area contributed by atoms with E-state index in [9.17, 15) is 9.59 Å². The van der Waals surface area contributed by atoms with E-state index >= 15 is 0 Å². The Balaban J connectivity index is 1.80. The number of quaternary nitrogens is 1. The van der Waals surface area contributed by atoms with Crippen molar-refractivity contribution >= 4 is 11.9 Å². The lowest BCUT2D eigenvalue weighted by atomic mass is 9.86. The van der Waals surface area contributed by atoms with Gasteiger partial charge in [0.1, 0.15) is 0 Å². The van der Waals surface area contributed by atoms with E-state index in [0.29, 0.717) is 12.0 Å². The van der Waals surface area contributed by atoms with Crippen molar-refractivity contribution in [1.82, 2.24) is 5.32 Å². The predicted molar refractivity (Wildman–Crippen MR) is 84.5 cm³/mol. The van der Waals surface area contributed by atoms with E-state index < -0.39 is 0 Å². The van der Waals surface area contributed by atoms with Crippen molar-refractivity contribution in [2.45, 2.75) is 64.5 Å². The summed E-state index contributed by atoms with van der Waals surface area (Å²) in [5.74, 6) is 0.671. The molecule has 1 heterocycles. The Bertz CT molecular complexity index is 391. The van der Waals surface area contributed by atoms with Crippen LogP contribution in [0.15, 0.2) is 0 Å². The minimum atomic E-state index is -0.104. The maximum absolute atomic E-state index is 12.5. The molecule has 5 nitrogen and oxygen atoms in total. The number of rotatable bonds is 4. The van der Waals surface area contributed by atoms with Gasteiger partial charge >= 0.3 is 5.97 Å². The molecule has 0 bridgehead atoms. The number of hydrogen-bond acceptors (Lipinski definition) is 3. The second-order valence-electron chi connectivity index (χ2n) is 7.05. The minimum absolute atomic E-state index is 0.0161. The van der Waals surface area contributed by atoms with Crippen LogP contribution in [0, 0.1) is 11.8 Å². The summed E-state index contributed by atoms with van der Waals surface area (Å²) in [6, 6.07) is 0.309. The van der Waals surface area contributed by atoms with Gasteiger partial charge in [-0.2, -0.15) is 0 Å². The first-order valence-electron chi connectivity index (χ1n) is 8.75. The zero-order chi connectivity index (χ0) is 16.1. The molecule has 3 atom stereocenters. The number of esters is 1. The number of carbonyl (C=O) groups is 2. The number of likely N-dealkylation sites (tertiary alicyclic amines) is 1. The smallest absolute Gasteiger partial charge is 0.309 e. The van der Waals surface area contributed by atoms with Crippen LogP contribution in [0.4, 0.5) is 0 Å². The molecule has 1 saturated heterocycles. The van der Waals surface area contributed by atoms with E-state index in [2.05, 4.69) is 12.2 Å². The summed E-state index contributed by atoms with van der Waals surface area (Å²) in [6.45, 7) is 5.99. The fourth-order valence-corrected chi connectivity index (χ4v) is 3.85. The van der Waals surface area contributed by atoms with Crippen molar-refractivity contribution in [1.29, 1.82) is 0 Å². The predicted octanol–water partition coefficient (Wildman–Crippen LogP) is 0.538. The highest BCUT2D eigenvalue weighted by Crippen LogP contribution is 2.23. The van der Waals surface area contributed by atoms with Crippen molar-refractivity contribution < 1.29 is 19.2 Å². The summed E-state index contributed by atoms with van der Waals surface area (Å²) in [5.41, 5.74) is 0. The maximum atomic E-state index is 12.5. The molecule has 1 amide bonds. The second-order valence-corrected chi connectivity index (χ2v) is 7.05. The van der Waals surface area contributed by atoms with Gasteiger partial charge in [-0.15, -0.1) is 0 Å². The van der Waals surface area contributed by atoms with E-state index in [1.165, 1.54) is 31.3 Å². The van der Waals surface area contributed by atoms with Crippen LogP contribution in [0.3, 0.4) is 0 Å². The Morgan fingerprint density at radius 2 is 1.77 bits per heavy atom. The lowest BCUT2D eigenvalue weighted by molar-refractivity contribution is -0.919. The average Bonchev–Trinajstić information content (AvgIpc) is 2.55. The molecule has 22 heavy (non-hydrogen) atoms. The van der Waals surface area contributed by atoms with Crippen molar-refractivity contribution in [3.8, 4) is 0 Å². The minimum Gasteiger partial charge on any atom is -0.469 e. The summed E-state index contributed by atoms with van der Waals surface area (Å²) in [7, 11) is 1.45. The van der Waals surface area contributed by atoms with Gasteiger partial charge in [0.05, 0.1) is 26.1 Å². The van der Waals surface area contributed by atoms with Crippen LogP contribution in [-0.4, -0.2) is 44.2 Å². The molecule has 0 unspecified atom stereocenters. The Hall–Kier alpha value is -1.10. The zero-order valence-corrected chi connectivity index (χ0v) is 14.2. The number of nitrogens with one attached hydrogen (secondary N) is 2. The largest absolute Gasteiger partial charge is 0.469 e. The molecule has 0 radical (unpaired) electrons. The third-order valence-corrected chi connectivity index (χ3v) is 5.61.